The van der Waals surface area contributed by atoms with Crippen LogP contribution in [0.3, 0.4) is 0 Å². The molecule has 2 atom stereocenters. The number of ether oxygens (including phenoxy) is 2. The monoisotopic (exact) mass is 413 g/mol. The third-order valence-electron chi connectivity index (χ3n) is 5.11. The third-order valence-corrected chi connectivity index (χ3v) is 5.11. The van der Waals surface area contributed by atoms with E-state index in [0.29, 0.717) is 19.7 Å². The number of hydrogen-bond donors (Lipinski definition) is 2. The van der Waals surface area contributed by atoms with Gasteiger partial charge in [0.1, 0.15) is 5.75 Å². The first-order chi connectivity index (χ1) is 14.6. The molecule has 0 radical (unpaired) electrons. The molecule has 0 saturated carbocycles. The molecule has 0 heterocycles. The minimum Gasteiger partial charge on any atom is -0.494 e. The van der Waals surface area contributed by atoms with E-state index in [2.05, 4.69) is 38.1 Å². The standard InChI is InChI=1S/C25H39N3O2/c1-3-5-16-29-23-14-12-21(13-15-23)18-24(26)25(30-17-6-4-2)20-28(27)19-22-10-8-7-9-11-22/h7-15,24-25H,3-6,16-20,26-27H2,1-2H3/t24-,25-/m1/s1. The van der Waals surface area contributed by atoms with Gasteiger partial charge in [-0.2, -0.15) is 0 Å². The van der Waals surface area contributed by atoms with E-state index in [1.807, 2.05) is 30.3 Å². The van der Waals surface area contributed by atoms with Crippen LogP contribution in [0.1, 0.15) is 50.7 Å². The summed E-state index contributed by atoms with van der Waals surface area (Å²) >= 11 is 0. The van der Waals surface area contributed by atoms with Crippen LogP contribution in [0.25, 0.3) is 0 Å². The highest BCUT2D eigenvalue weighted by Crippen LogP contribution is 2.16. The molecule has 166 valence electrons. The molecular formula is C25H39N3O2. The molecule has 0 aliphatic carbocycles. The Labute approximate surface area is 182 Å². The minimum absolute atomic E-state index is 0.120. The van der Waals surface area contributed by atoms with Gasteiger partial charge in [-0.05, 0) is 42.5 Å². The van der Waals surface area contributed by atoms with Crippen molar-refractivity contribution >= 4 is 0 Å². The number of rotatable bonds is 15. The quantitative estimate of drug-likeness (QED) is 0.259. The van der Waals surface area contributed by atoms with Crippen LogP contribution in [-0.2, 0) is 17.7 Å². The van der Waals surface area contributed by atoms with Crippen molar-refractivity contribution in [2.24, 2.45) is 11.6 Å². The normalized spacial score (nSPS) is 13.4. The molecule has 0 amide bonds. The average molecular weight is 414 g/mol. The Bertz CT molecular complexity index is 679. The zero-order chi connectivity index (χ0) is 21.6. The number of hydrogen-bond acceptors (Lipinski definition) is 5. The lowest BCUT2D eigenvalue weighted by atomic mass is 10.0. The molecule has 5 heteroatoms. The molecule has 0 aromatic heterocycles. The van der Waals surface area contributed by atoms with Crippen LogP contribution in [0.4, 0.5) is 0 Å². The number of nitrogens with zero attached hydrogens (tertiary/aromatic N) is 1. The fraction of sp³-hybridized carbons (Fsp3) is 0.520. The largest absolute Gasteiger partial charge is 0.494 e. The van der Waals surface area contributed by atoms with Gasteiger partial charge in [-0.1, -0.05) is 69.2 Å². The molecule has 30 heavy (non-hydrogen) atoms. The van der Waals surface area contributed by atoms with Crippen LogP contribution >= 0.6 is 0 Å². The van der Waals surface area contributed by atoms with Gasteiger partial charge >= 0.3 is 0 Å². The van der Waals surface area contributed by atoms with Gasteiger partial charge in [0.05, 0.1) is 12.7 Å². The van der Waals surface area contributed by atoms with Crippen molar-refractivity contribution in [2.75, 3.05) is 19.8 Å². The Hall–Kier alpha value is -1.92. The van der Waals surface area contributed by atoms with Crippen LogP contribution < -0.4 is 16.3 Å². The van der Waals surface area contributed by atoms with Crippen molar-refractivity contribution in [1.82, 2.24) is 5.01 Å². The zero-order valence-corrected chi connectivity index (χ0v) is 18.6. The molecule has 0 aliphatic rings. The first kappa shape index (κ1) is 24.4. The first-order valence-corrected chi connectivity index (χ1v) is 11.2. The van der Waals surface area contributed by atoms with Crippen molar-refractivity contribution < 1.29 is 9.47 Å². The van der Waals surface area contributed by atoms with E-state index >= 15 is 0 Å². The van der Waals surface area contributed by atoms with Crippen molar-refractivity contribution in [1.29, 1.82) is 0 Å². The van der Waals surface area contributed by atoms with Crippen molar-refractivity contribution in [3.8, 4) is 5.75 Å². The Morgan fingerprint density at radius 3 is 2.20 bits per heavy atom. The number of benzene rings is 2. The van der Waals surface area contributed by atoms with Crippen molar-refractivity contribution in [3.63, 3.8) is 0 Å². The Morgan fingerprint density at radius 1 is 0.867 bits per heavy atom. The van der Waals surface area contributed by atoms with Crippen LogP contribution in [-0.4, -0.2) is 36.9 Å². The number of nitrogens with two attached hydrogens (primary N) is 2. The minimum atomic E-state index is -0.129. The second-order valence-electron chi connectivity index (χ2n) is 7.89. The molecule has 4 N–H and O–H groups in total. The third kappa shape index (κ3) is 9.26. The summed E-state index contributed by atoms with van der Waals surface area (Å²) < 4.78 is 11.9. The van der Waals surface area contributed by atoms with E-state index in [-0.39, 0.29) is 12.1 Å². The molecule has 5 nitrogen and oxygen atoms in total. The summed E-state index contributed by atoms with van der Waals surface area (Å²) in [6.07, 6.45) is 4.95. The predicted molar refractivity (Wildman–Crippen MR) is 124 cm³/mol. The SMILES string of the molecule is CCCCOc1ccc(C[C@@H](N)[C@@H](CN(N)Cc2ccccc2)OCCCC)cc1. The maximum Gasteiger partial charge on any atom is 0.119 e. The van der Waals surface area contributed by atoms with Gasteiger partial charge in [0.15, 0.2) is 0 Å². The zero-order valence-electron chi connectivity index (χ0n) is 18.6. The van der Waals surface area contributed by atoms with Crippen molar-refractivity contribution in [2.45, 2.75) is 64.6 Å². The second kappa shape index (κ2) is 14.1. The fourth-order valence-corrected chi connectivity index (χ4v) is 3.26. The lowest BCUT2D eigenvalue weighted by Crippen LogP contribution is -2.48. The molecule has 0 spiro atoms. The van der Waals surface area contributed by atoms with Crippen LogP contribution in [0.15, 0.2) is 54.6 Å². The molecule has 0 fully saturated rings. The topological polar surface area (TPSA) is 73.7 Å². The molecule has 0 bridgehead atoms. The summed E-state index contributed by atoms with van der Waals surface area (Å²) in [4.78, 5) is 0. The Morgan fingerprint density at radius 2 is 1.53 bits per heavy atom. The van der Waals surface area contributed by atoms with Crippen LogP contribution in [0.5, 0.6) is 5.75 Å². The molecule has 0 unspecified atom stereocenters. The van der Waals surface area contributed by atoms with Gasteiger partial charge in [0.2, 0.25) is 0 Å². The summed E-state index contributed by atoms with van der Waals surface area (Å²) in [6.45, 7) is 7.06. The highest BCUT2D eigenvalue weighted by molar-refractivity contribution is 5.28. The van der Waals surface area contributed by atoms with Gasteiger partial charge in [0, 0.05) is 25.7 Å². The second-order valence-corrected chi connectivity index (χ2v) is 7.89. The number of unbranched alkanes of at least 4 members (excludes halogenated alkanes) is 2. The Balaban J connectivity index is 1.92. The van der Waals surface area contributed by atoms with Crippen molar-refractivity contribution in [3.05, 3.63) is 65.7 Å². The smallest absolute Gasteiger partial charge is 0.119 e. The van der Waals surface area contributed by atoms with Gasteiger partial charge in [-0.3, -0.25) is 5.84 Å². The summed E-state index contributed by atoms with van der Waals surface area (Å²) in [5, 5.41) is 1.80. The van der Waals surface area contributed by atoms with Gasteiger partial charge in [-0.25, -0.2) is 5.01 Å². The van der Waals surface area contributed by atoms with Gasteiger partial charge < -0.3 is 15.2 Å². The summed E-state index contributed by atoms with van der Waals surface area (Å²) in [5.41, 5.74) is 8.93. The summed E-state index contributed by atoms with van der Waals surface area (Å²) in [6, 6.07) is 18.3. The highest BCUT2D eigenvalue weighted by atomic mass is 16.5. The van der Waals surface area contributed by atoms with E-state index in [4.69, 9.17) is 21.1 Å². The van der Waals surface area contributed by atoms with Crippen LogP contribution in [0.2, 0.25) is 0 Å². The van der Waals surface area contributed by atoms with Crippen LogP contribution in [0, 0.1) is 0 Å². The Kier molecular flexibility index (Phi) is 11.5. The lowest BCUT2D eigenvalue weighted by molar-refractivity contribution is 0.00703. The van der Waals surface area contributed by atoms with E-state index in [1.54, 1.807) is 5.01 Å². The predicted octanol–water partition coefficient (Wildman–Crippen LogP) is 4.30. The van der Waals surface area contributed by atoms with E-state index in [1.165, 1.54) is 11.1 Å². The lowest BCUT2D eigenvalue weighted by Gasteiger charge is -2.29. The maximum atomic E-state index is 6.57. The van der Waals surface area contributed by atoms with Gasteiger partial charge in [-0.15, -0.1) is 0 Å². The molecule has 0 saturated heterocycles. The average Bonchev–Trinajstić information content (AvgIpc) is 2.75. The molecule has 0 aliphatic heterocycles. The van der Waals surface area contributed by atoms with E-state index < -0.39 is 0 Å². The molecule has 2 aromatic rings. The molecule has 2 rings (SSSR count). The number of hydrazine groups is 1. The van der Waals surface area contributed by atoms with E-state index in [0.717, 1.165) is 44.5 Å². The molecule has 2 aromatic carbocycles. The fourth-order valence-electron chi connectivity index (χ4n) is 3.26. The van der Waals surface area contributed by atoms with E-state index in [9.17, 15) is 0 Å². The summed E-state index contributed by atoms with van der Waals surface area (Å²) in [7, 11) is 0. The van der Waals surface area contributed by atoms with Gasteiger partial charge in [0.25, 0.3) is 0 Å². The summed E-state index contributed by atoms with van der Waals surface area (Å²) in [5.74, 6) is 7.21. The first-order valence-electron chi connectivity index (χ1n) is 11.2. The maximum absolute atomic E-state index is 6.57. The molecular weight excluding hydrogens is 374 g/mol. The highest BCUT2D eigenvalue weighted by Gasteiger charge is 2.21.